The molecule has 8 nitrogen and oxygen atoms in total. The number of fused-ring (bicyclic) bond motifs is 3. The number of ether oxygens (including phenoxy) is 1. The summed E-state index contributed by atoms with van der Waals surface area (Å²) in [4.78, 5) is 35.8. The van der Waals surface area contributed by atoms with Crippen LogP contribution in [0.5, 0.6) is 0 Å². The zero-order valence-electron chi connectivity index (χ0n) is 18.9. The minimum absolute atomic E-state index is 0.0420. The van der Waals surface area contributed by atoms with Crippen LogP contribution in [0, 0.1) is 11.8 Å². The number of amides is 2. The Labute approximate surface area is 198 Å². The fourth-order valence-corrected chi connectivity index (χ4v) is 4.78. The summed E-state index contributed by atoms with van der Waals surface area (Å²) in [6, 6.07) is 16.2. The van der Waals surface area contributed by atoms with E-state index in [1.807, 2.05) is 24.3 Å². The first-order chi connectivity index (χ1) is 16.4. The van der Waals surface area contributed by atoms with Crippen molar-refractivity contribution < 1.29 is 29.3 Å². The van der Waals surface area contributed by atoms with E-state index in [0.717, 1.165) is 41.5 Å². The van der Waals surface area contributed by atoms with E-state index in [1.54, 1.807) is 0 Å². The van der Waals surface area contributed by atoms with Gasteiger partial charge in [0.25, 0.3) is 0 Å². The van der Waals surface area contributed by atoms with E-state index in [0.29, 0.717) is 0 Å². The molecule has 0 radical (unpaired) electrons. The zero-order valence-corrected chi connectivity index (χ0v) is 18.9. The molecule has 1 saturated carbocycles. The van der Waals surface area contributed by atoms with Crippen molar-refractivity contribution in [3.8, 4) is 11.1 Å². The van der Waals surface area contributed by atoms with E-state index in [2.05, 4.69) is 34.9 Å². The van der Waals surface area contributed by atoms with E-state index in [-0.39, 0.29) is 37.4 Å². The lowest BCUT2D eigenvalue weighted by Gasteiger charge is -2.33. The number of aliphatic hydroxyl groups is 1. The molecule has 2 aromatic rings. The molecule has 4 rings (SSSR count). The molecule has 0 aromatic heterocycles. The van der Waals surface area contributed by atoms with Crippen LogP contribution in [-0.2, 0) is 14.3 Å². The van der Waals surface area contributed by atoms with Crippen LogP contribution in [0.4, 0.5) is 4.79 Å². The SMILES string of the molecule is O=C(O)CC(O)CNC(=O)C(CNC(=O)OCC1c2ccccc2-c2ccccc21)C1CCC1. The fourth-order valence-electron chi connectivity index (χ4n) is 4.78. The third kappa shape index (κ3) is 5.39. The third-order valence-electron chi connectivity index (χ3n) is 6.79. The maximum absolute atomic E-state index is 12.7. The Hall–Kier alpha value is -3.39. The first kappa shape index (κ1) is 23.8. The van der Waals surface area contributed by atoms with Crippen LogP contribution in [0.15, 0.2) is 48.5 Å². The quantitative estimate of drug-likeness (QED) is 0.427. The second-order valence-electron chi connectivity index (χ2n) is 9.00. The summed E-state index contributed by atoms with van der Waals surface area (Å²) in [6.45, 7) is 0.184. The van der Waals surface area contributed by atoms with Gasteiger partial charge >= 0.3 is 12.1 Å². The fraction of sp³-hybridized carbons (Fsp3) is 0.423. The lowest BCUT2D eigenvalue weighted by molar-refractivity contribution is -0.139. The summed E-state index contributed by atoms with van der Waals surface area (Å²) in [7, 11) is 0. The number of aliphatic hydroxyl groups excluding tert-OH is 1. The average Bonchev–Trinajstić information content (AvgIpc) is 3.11. The van der Waals surface area contributed by atoms with E-state index in [4.69, 9.17) is 9.84 Å². The van der Waals surface area contributed by atoms with Crippen molar-refractivity contribution in [2.24, 2.45) is 11.8 Å². The van der Waals surface area contributed by atoms with Gasteiger partial charge in [0.05, 0.1) is 18.4 Å². The van der Waals surface area contributed by atoms with Gasteiger partial charge in [-0.15, -0.1) is 0 Å². The topological polar surface area (TPSA) is 125 Å². The van der Waals surface area contributed by atoms with Gasteiger partial charge in [0.2, 0.25) is 5.91 Å². The number of hydrogen-bond acceptors (Lipinski definition) is 5. The second-order valence-corrected chi connectivity index (χ2v) is 9.00. The molecule has 2 aliphatic rings. The average molecular weight is 467 g/mol. The number of carbonyl (C=O) groups is 3. The first-order valence-corrected chi connectivity index (χ1v) is 11.7. The van der Waals surface area contributed by atoms with E-state index < -0.39 is 30.5 Å². The largest absolute Gasteiger partial charge is 0.481 e. The minimum Gasteiger partial charge on any atom is -0.481 e. The molecule has 0 saturated heterocycles. The number of rotatable bonds is 10. The van der Waals surface area contributed by atoms with Gasteiger partial charge in [-0.05, 0) is 41.0 Å². The molecule has 4 N–H and O–H groups in total. The maximum atomic E-state index is 12.7. The number of carbonyl (C=O) groups excluding carboxylic acids is 2. The van der Waals surface area contributed by atoms with Gasteiger partial charge in [0.1, 0.15) is 6.61 Å². The second kappa shape index (κ2) is 10.7. The first-order valence-electron chi connectivity index (χ1n) is 11.7. The lowest BCUT2D eigenvalue weighted by atomic mass is 9.75. The normalized spacial score (nSPS) is 16.5. The minimum atomic E-state index is -1.15. The predicted molar refractivity (Wildman–Crippen MR) is 125 cm³/mol. The summed E-state index contributed by atoms with van der Waals surface area (Å²) in [6.07, 6.45) is 0.640. The highest BCUT2D eigenvalue weighted by molar-refractivity contribution is 5.81. The number of carboxylic acid groups (broad SMARTS) is 1. The van der Waals surface area contributed by atoms with Gasteiger partial charge < -0.3 is 25.6 Å². The van der Waals surface area contributed by atoms with Gasteiger partial charge in [0, 0.05) is 19.0 Å². The molecule has 2 atom stereocenters. The molecule has 2 amide bonds. The van der Waals surface area contributed by atoms with Crippen LogP contribution in [0.25, 0.3) is 11.1 Å². The molecule has 2 aliphatic carbocycles. The van der Waals surface area contributed by atoms with Gasteiger partial charge in [-0.2, -0.15) is 0 Å². The van der Waals surface area contributed by atoms with Crippen LogP contribution in [0.1, 0.15) is 42.7 Å². The van der Waals surface area contributed by atoms with Crippen LogP contribution in [-0.4, -0.2) is 54.0 Å². The van der Waals surface area contributed by atoms with E-state index >= 15 is 0 Å². The van der Waals surface area contributed by atoms with Crippen LogP contribution in [0.3, 0.4) is 0 Å². The molecule has 0 spiro atoms. The highest BCUT2D eigenvalue weighted by Crippen LogP contribution is 2.44. The summed E-state index contributed by atoms with van der Waals surface area (Å²) in [5.74, 6) is -1.78. The Kier molecular flexibility index (Phi) is 7.47. The molecule has 2 unspecified atom stereocenters. The summed E-state index contributed by atoms with van der Waals surface area (Å²) < 4.78 is 5.56. The summed E-state index contributed by atoms with van der Waals surface area (Å²) >= 11 is 0. The van der Waals surface area contributed by atoms with Gasteiger partial charge in [-0.25, -0.2) is 4.79 Å². The van der Waals surface area contributed by atoms with Crippen molar-refractivity contribution in [3.63, 3.8) is 0 Å². The molecule has 2 aromatic carbocycles. The van der Waals surface area contributed by atoms with Gasteiger partial charge in [-0.1, -0.05) is 55.0 Å². The highest BCUT2D eigenvalue weighted by atomic mass is 16.5. The Balaban J connectivity index is 1.31. The Morgan fingerprint density at radius 2 is 1.56 bits per heavy atom. The number of aliphatic carboxylic acids is 1. The van der Waals surface area contributed by atoms with Crippen molar-refractivity contribution in [2.45, 2.75) is 37.7 Å². The standard InChI is InChI=1S/C26H30N2O6/c29-17(12-24(30)31)13-27-25(32)22(16-6-5-7-16)14-28-26(33)34-15-23-20-10-3-1-8-18(20)19-9-2-4-11-21(19)23/h1-4,8-11,16-17,22-23,29H,5-7,12-15H2,(H,27,32)(H,28,33)(H,30,31). The molecule has 0 heterocycles. The molecule has 180 valence electrons. The van der Waals surface area contributed by atoms with Crippen LogP contribution in [0.2, 0.25) is 0 Å². The highest BCUT2D eigenvalue weighted by Gasteiger charge is 2.34. The summed E-state index contributed by atoms with van der Waals surface area (Å²) in [5, 5.41) is 23.8. The van der Waals surface area contributed by atoms with Gasteiger partial charge in [0.15, 0.2) is 0 Å². The number of nitrogens with one attached hydrogen (secondary N) is 2. The molecular weight excluding hydrogens is 436 g/mol. The van der Waals surface area contributed by atoms with Crippen molar-refractivity contribution in [1.29, 1.82) is 0 Å². The van der Waals surface area contributed by atoms with Crippen molar-refractivity contribution in [1.82, 2.24) is 10.6 Å². The Morgan fingerprint density at radius 1 is 0.941 bits per heavy atom. The lowest BCUT2D eigenvalue weighted by Crippen LogP contribution is -2.46. The third-order valence-corrected chi connectivity index (χ3v) is 6.79. The van der Waals surface area contributed by atoms with E-state index in [9.17, 15) is 19.5 Å². The molecule has 34 heavy (non-hydrogen) atoms. The number of hydrogen-bond donors (Lipinski definition) is 4. The number of alkyl carbamates (subject to hydrolysis) is 1. The smallest absolute Gasteiger partial charge is 0.407 e. The van der Waals surface area contributed by atoms with Gasteiger partial charge in [-0.3, -0.25) is 9.59 Å². The van der Waals surface area contributed by atoms with E-state index in [1.165, 1.54) is 0 Å². The Bertz CT molecular complexity index is 1010. The Morgan fingerprint density at radius 3 is 2.12 bits per heavy atom. The predicted octanol–water partition coefficient (Wildman–Crippen LogP) is 2.89. The van der Waals surface area contributed by atoms with Crippen molar-refractivity contribution >= 4 is 18.0 Å². The maximum Gasteiger partial charge on any atom is 0.407 e. The van der Waals surface area contributed by atoms with Crippen molar-refractivity contribution in [3.05, 3.63) is 59.7 Å². The number of benzene rings is 2. The van der Waals surface area contributed by atoms with Crippen LogP contribution < -0.4 is 10.6 Å². The number of carboxylic acids is 1. The monoisotopic (exact) mass is 466 g/mol. The molecular formula is C26H30N2O6. The molecule has 0 bridgehead atoms. The summed E-state index contributed by atoms with van der Waals surface area (Å²) in [5.41, 5.74) is 4.56. The molecule has 1 fully saturated rings. The molecule has 0 aliphatic heterocycles. The molecule has 8 heteroatoms. The van der Waals surface area contributed by atoms with Crippen LogP contribution >= 0.6 is 0 Å². The zero-order chi connectivity index (χ0) is 24.1. The van der Waals surface area contributed by atoms with Crippen molar-refractivity contribution in [2.75, 3.05) is 19.7 Å².